The number of benzene rings is 1. The molecule has 0 unspecified atom stereocenters. The number of nitrogens with one attached hydrogen (secondary N) is 1. The maximum atomic E-state index is 13.3. The van der Waals surface area contributed by atoms with E-state index in [0.29, 0.717) is 35.2 Å². The van der Waals surface area contributed by atoms with E-state index < -0.39 is 11.6 Å². The standard InChI is InChI=1S/C18H15F2N3O2S/c1-2-25-16-9-12(5-6-21-16)17(24)23-18-22-10-13(26-18)7-11-3-4-14(19)15(20)8-11/h3-6,8-10H,2,7H2,1H3,(H,22,23,24). The smallest absolute Gasteiger partial charge is 0.257 e. The van der Waals surface area contributed by atoms with Crippen molar-refractivity contribution in [3.63, 3.8) is 0 Å². The fraction of sp³-hybridized carbons (Fsp3) is 0.167. The van der Waals surface area contributed by atoms with Gasteiger partial charge in [-0.05, 0) is 30.7 Å². The van der Waals surface area contributed by atoms with Gasteiger partial charge in [-0.1, -0.05) is 6.07 Å². The van der Waals surface area contributed by atoms with Crippen LogP contribution in [-0.2, 0) is 6.42 Å². The fourth-order valence-electron chi connectivity index (χ4n) is 2.24. The zero-order chi connectivity index (χ0) is 18.5. The second kappa shape index (κ2) is 8.01. The summed E-state index contributed by atoms with van der Waals surface area (Å²) in [5, 5.41) is 3.12. The van der Waals surface area contributed by atoms with Gasteiger partial charge in [0.2, 0.25) is 5.88 Å². The van der Waals surface area contributed by atoms with Gasteiger partial charge in [-0.15, -0.1) is 11.3 Å². The molecule has 0 saturated carbocycles. The number of carbonyl (C=O) groups is 1. The van der Waals surface area contributed by atoms with Crippen LogP contribution in [0.1, 0.15) is 27.7 Å². The molecule has 0 radical (unpaired) electrons. The highest BCUT2D eigenvalue weighted by atomic mass is 32.1. The third-order valence-electron chi connectivity index (χ3n) is 3.43. The van der Waals surface area contributed by atoms with Crippen LogP contribution < -0.4 is 10.1 Å². The van der Waals surface area contributed by atoms with E-state index >= 15 is 0 Å². The van der Waals surface area contributed by atoms with Crippen LogP contribution in [-0.4, -0.2) is 22.5 Å². The second-order valence-corrected chi connectivity index (χ2v) is 6.44. The quantitative estimate of drug-likeness (QED) is 0.706. The van der Waals surface area contributed by atoms with Crippen LogP contribution in [0.4, 0.5) is 13.9 Å². The van der Waals surface area contributed by atoms with Crippen LogP contribution in [0, 0.1) is 11.6 Å². The van der Waals surface area contributed by atoms with E-state index in [9.17, 15) is 13.6 Å². The Labute approximate surface area is 152 Å². The average molecular weight is 375 g/mol. The van der Waals surface area contributed by atoms with E-state index in [1.807, 2.05) is 6.92 Å². The molecular formula is C18H15F2N3O2S. The lowest BCUT2D eigenvalue weighted by Gasteiger charge is -2.04. The predicted molar refractivity (Wildman–Crippen MR) is 94.6 cm³/mol. The zero-order valence-electron chi connectivity index (χ0n) is 13.8. The van der Waals surface area contributed by atoms with Crippen molar-refractivity contribution in [1.82, 2.24) is 9.97 Å². The molecule has 2 aromatic heterocycles. The van der Waals surface area contributed by atoms with Crippen molar-refractivity contribution < 1.29 is 18.3 Å². The summed E-state index contributed by atoms with van der Waals surface area (Å²) in [5.41, 5.74) is 1.03. The molecule has 134 valence electrons. The summed E-state index contributed by atoms with van der Waals surface area (Å²) < 4.78 is 31.5. The van der Waals surface area contributed by atoms with Crippen molar-refractivity contribution in [2.45, 2.75) is 13.3 Å². The Morgan fingerprint density at radius 1 is 1.19 bits per heavy atom. The summed E-state index contributed by atoms with van der Waals surface area (Å²) in [6.07, 6.45) is 3.49. The van der Waals surface area contributed by atoms with Crippen molar-refractivity contribution in [1.29, 1.82) is 0 Å². The molecular weight excluding hydrogens is 360 g/mol. The minimum atomic E-state index is -0.886. The number of nitrogens with zero attached hydrogens (tertiary/aromatic N) is 2. The molecule has 26 heavy (non-hydrogen) atoms. The molecule has 0 aliphatic carbocycles. The Hall–Kier alpha value is -2.87. The molecule has 0 aliphatic rings. The highest BCUT2D eigenvalue weighted by Crippen LogP contribution is 2.23. The summed E-state index contributed by atoms with van der Waals surface area (Å²) in [6, 6.07) is 6.89. The largest absolute Gasteiger partial charge is 0.478 e. The third-order valence-corrected chi connectivity index (χ3v) is 4.34. The van der Waals surface area contributed by atoms with E-state index in [-0.39, 0.29) is 5.91 Å². The van der Waals surface area contributed by atoms with E-state index in [1.54, 1.807) is 18.3 Å². The van der Waals surface area contributed by atoms with Gasteiger partial charge < -0.3 is 4.74 Å². The lowest BCUT2D eigenvalue weighted by Crippen LogP contribution is -2.12. The molecule has 0 fully saturated rings. The maximum Gasteiger partial charge on any atom is 0.257 e. The number of hydrogen-bond acceptors (Lipinski definition) is 5. The Kier molecular flexibility index (Phi) is 5.52. The van der Waals surface area contributed by atoms with Crippen molar-refractivity contribution in [2.24, 2.45) is 0 Å². The minimum Gasteiger partial charge on any atom is -0.478 e. The molecule has 0 aliphatic heterocycles. The number of hydrogen-bond donors (Lipinski definition) is 1. The number of amides is 1. The predicted octanol–water partition coefficient (Wildman–Crippen LogP) is 4.06. The van der Waals surface area contributed by atoms with Crippen LogP contribution in [0.2, 0.25) is 0 Å². The van der Waals surface area contributed by atoms with Gasteiger partial charge in [-0.3, -0.25) is 10.1 Å². The van der Waals surface area contributed by atoms with Crippen molar-refractivity contribution >= 4 is 22.4 Å². The van der Waals surface area contributed by atoms with Gasteiger partial charge >= 0.3 is 0 Å². The van der Waals surface area contributed by atoms with Crippen LogP contribution in [0.15, 0.2) is 42.7 Å². The second-order valence-electron chi connectivity index (χ2n) is 5.33. The first kappa shape index (κ1) is 17.9. The highest BCUT2D eigenvalue weighted by molar-refractivity contribution is 7.15. The first-order valence-corrected chi connectivity index (χ1v) is 8.65. The Bertz CT molecular complexity index is 930. The lowest BCUT2D eigenvalue weighted by atomic mass is 10.1. The number of carbonyl (C=O) groups excluding carboxylic acids is 1. The van der Waals surface area contributed by atoms with E-state index in [4.69, 9.17) is 4.74 Å². The van der Waals surface area contributed by atoms with Gasteiger partial charge in [-0.25, -0.2) is 18.7 Å². The Morgan fingerprint density at radius 2 is 2.04 bits per heavy atom. The molecule has 1 N–H and O–H groups in total. The number of rotatable bonds is 6. The van der Waals surface area contributed by atoms with Crippen LogP contribution in [0.5, 0.6) is 5.88 Å². The van der Waals surface area contributed by atoms with Gasteiger partial charge in [0.05, 0.1) is 6.61 Å². The molecule has 0 saturated heterocycles. The molecule has 2 heterocycles. The van der Waals surface area contributed by atoms with Crippen molar-refractivity contribution in [3.05, 3.63) is 70.4 Å². The van der Waals surface area contributed by atoms with E-state index in [2.05, 4.69) is 15.3 Å². The van der Waals surface area contributed by atoms with Crippen LogP contribution >= 0.6 is 11.3 Å². The summed E-state index contributed by atoms with van der Waals surface area (Å²) in [7, 11) is 0. The van der Waals surface area contributed by atoms with Gasteiger partial charge in [0.1, 0.15) is 0 Å². The zero-order valence-corrected chi connectivity index (χ0v) is 14.6. The average Bonchev–Trinajstić information content (AvgIpc) is 3.05. The third kappa shape index (κ3) is 4.40. The number of thiazole rings is 1. The fourth-order valence-corrected chi connectivity index (χ4v) is 3.09. The number of pyridine rings is 1. The van der Waals surface area contributed by atoms with Crippen molar-refractivity contribution in [2.75, 3.05) is 11.9 Å². The van der Waals surface area contributed by atoms with E-state index in [0.717, 1.165) is 17.0 Å². The molecule has 1 amide bonds. The minimum absolute atomic E-state index is 0.331. The summed E-state index contributed by atoms with van der Waals surface area (Å²) in [6.45, 7) is 2.29. The Balaban J connectivity index is 1.67. The molecule has 3 rings (SSSR count). The highest BCUT2D eigenvalue weighted by Gasteiger charge is 2.11. The molecule has 8 heteroatoms. The number of ether oxygens (including phenoxy) is 1. The molecule has 5 nitrogen and oxygen atoms in total. The van der Waals surface area contributed by atoms with Gasteiger partial charge in [0.15, 0.2) is 16.8 Å². The van der Waals surface area contributed by atoms with Gasteiger partial charge in [-0.2, -0.15) is 0 Å². The number of halogens is 2. The first-order chi connectivity index (χ1) is 12.5. The first-order valence-electron chi connectivity index (χ1n) is 7.84. The SMILES string of the molecule is CCOc1cc(C(=O)Nc2ncc(Cc3ccc(F)c(F)c3)s2)ccn1. The molecule has 0 spiro atoms. The van der Waals surface area contributed by atoms with Gasteiger partial charge in [0, 0.05) is 35.3 Å². The van der Waals surface area contributed by atoms with Crippen molar-refractivity contribution in [3.8, 4) is 5.88 Å². The maximum absolute atomic E-state index is 13.3. The summed E-state index contributed by atoms with van der Waals surface area (Å²) >= 11 is 1.27. The number of anilines is 1. The lowest BCUT2D eigenvalue weighted by molar-refractivity contribution is 0.102. The van der Waals surface area contributed by atoms with E-state index in [1.165, 1.54) is 23.6 Å². The normalized spacial score (nSPS) is 10.6. The molecule has 3 aromatic rings. The molecule has 0 bridgehead atoms. The van der Waals surface area contributed by atoms with Crippen LogP contribution in [0.25, 0.3) is 0 Å². The Morgan fingerprint density at radius 3 is 2.81 bits per heavy atom. The van der Waals surface area contributed by atoms with Gasteiger partial charge in [0.25, 0.3) is 5.91 Å². The molecule has 0 atom stereocenters. The monoisotopic (exact) mass is 375 g/mol. The van der Waals surface area contributed by atoms with Crippen LogP contribution in [0.3, 0.4) is 0 Å². The molecule has 1 aromatic carbocycles. The number of aromatic nitrogens is 2. The summed E-state index contributed by atoms with van der Waals surface area (Å²) in [4.78, 5) is 21.3. The topological polar surface area (TPSA) is 64.1 Å². The summed E-state index contributed by atoms with van der Waals surface area (Å²) in [5.74, 6) is -1.72.